The Labute approximate surface area is 195 Å². The molecule has 8 nitrogen and oxygen atoms in total. The lowest BCUT2D eigenvalue weighted by Crippen LogP contribution is -2.32. The number of anilines is 2. The first-order valence-corrected chi connectivity index (χ1v) is 11.6. The lowest BCUT2D eigenvalue weighted by atomic mass is 10.0. The van der Waals surface area contributed by atoms with Crippen LogP contribution >= 0.6 is 0 Å². The molecule has 0 fully saturated rings. The van der Waals surface area contributed by atoms with Crippen LogP contribution in [0.2, 0.25) is 0 Å². The fourth-order valence-corrected chi connectivity index (χ4v) is 4.68. The Kier molecular flexibility index (Phi) is 6.44. The number of aryl methyl sites for hydroxylation is 1. The van der Waals surface area contributed by atoms with Gasteiger partial charge in [-0.25, -0.2) is 0 Å². The quantitative estimate of drug-likeness (QED) is 0.630. The van der Waals surface area contributed by atoms with Gasteiger partial charge in [0.05, 0.1) is 30.0 Å². The normalized spacial score (nSPS) is 17.5. The molecular formula is C25H34N6O2. The number of methoxy groups -OCH3 is 1. The third kappa shape index (κ3) is 4.21. The van der Waals surface area contributed by atoms with E-state index in [9.17, 15) is 4.79 Å². The summed E-state index contributed by atoms with van der Waals surface area (Å²) in [6, 6.07) is 7.82. The molecule has 0 radical (unpaired) electrons. The molecule has 4 rings (SSSR count). The van der Waals surface area contributed by atoms with E-state index in [2.05, 4.69) is 24.2 Å². The molecule has 0 aliphatic carbocycles. The van der Waals surface area contributed by atoms with Crippen molar-refractivity contribution >= 4 is 23.1 Å². The van der Waals surface area contributed by atoms with Crippen molar-refractivity contribution in [1.29, 1.82) is 0 Å². The van der Waals surface area contributed by atoms with Gasteiger partial charge in [0.25, 0.3) is 5.91 Å². The molecule has 2 bridgehead atoms. The average Bonchev–Trinajstić information content (AvgIpc) is 3.21. The molecule has 0 saturated carbocycles. The number of hydrogen-bond acceptors (Lipinski definition) is 6. The van der Waals surface area contributed by atoms with Gasteiger partial charge in [0.1, 0.15) is 5.82 Å². The van der Waals surface area contributed by atoms with Crippen molar-refractivity contribution in [3.8, 4) is 5.88 Å². The van der Waals surface area contributed by atoms with E-state index in [1.165, 1.54) is 0 Å². The molecule has 1 amide bonds. The molecule has 0 spiro atoms. The van der Waals surface area contributed by atoms with Gasteiger partial charge in [-0.3, -0.25) is 4.79 Å². The first-order chi connectivity index (χ1) is 15.8. The van der Waals surface area contributed by atoms with Crippen molar-refractivity contribution in [2.24, 2.45) is 0 Å². The van der Waals surface area contributed by atoms with Gasteiger partial charge in [-0.15, -0.1) is 0 Å². The minimum Gasteiger partial charge on any atom is -0.481 e. The zero-order chi connectivity index (χ0) is 23.7. The van der Waals surface area contributed by atoms with Crippen LogP contribution in [0.15, 0.2) is 24.3 Å². The van der Waals surface area contributed by atoms with Crippen LogP contribution in [0.4, 0.5) is 11.5 Å². The number of carbonyl (C=O) groups excluding carboxylic acids is 1. The minimum absolute atomic E-state index is 0.0148. The highest BCUT2D eigenvalue weighted by atomic mass is 16.5. The average molecular weight is 451 g/mol. The van der Waals surface area contributed by atoms with Crippen LogP contribution in [-0.2, 0) is 0 Å². The van der Waals surface area contributed by atoms with Crippen LogP contribution in [0.25, 0.3) is 5.65 Å². The number of nitrogens with zero attached hydrogens (tertiary/aromatic N) is 5. The van der Waals surface area contributed by atoms with Gasteiger partial charge >= 0.3 is 0 Å². The summed E-state index contributed by atoms with van der Waals surface area (Å²) in [7, 11) is 5.58. The van der Waals surface area contributed by atoms with Gasteiger partial charge in [-0.2, -0.15) is 14.6 Å². The molecule has 33 heavy (non-hydrogen) atoms. The summed E-state index contributed by atoms with van der Waals surface area (Å²) in [6.07, 6.45) is 2.71. The molecule has 176 valence electrons. The zero-order valence-electron chi connectivity index (χ0n) is 20.5. The second kappa shape index (κ2) is 9.29. The monoisotopic (exact) mass is 450 g/mol. The smallest absolute Gasteiger partial charge is 0.256 e. The SMILES string of the molecule is CC[C@H]1c2cc3nc(OC)c(C)c(n3n2)N(C)CCCCNc2ccc(C)cc2C(=O)N1C. The van der Waals surface area contributed by atoms with Gasteiger partial charge in [-0.05, 0) is 45.2 Å². The number of nitrogens with one attached hydrogen (secondary N) is 1. The number of fused-ring (bicyclic) bond motifs is 2. The van der Waals surface area contributed by atoms with Gasteiger partial charge in [0, 0.05) is 38.9 Å². The summed E-state index contributed by atoms with van der Waals surface area (Å²) in [5, 5.41) is 8.44. The van der Waals surface area contributed by atoms with E-state index in [0.29, 0.717) is 11.4 Å². The Morgan fingerprint density at radius 2 is 1.97 bits per heavy atom. The molecule has 0 saturated heterocycles. The maximum atomic E-state index is 13.6. The Bertz CT molecular complexity index is 1170. The van der Waals surface area contributed by atoms with Crippen molar-refractivity contribution < 1.29 is 9.53 Å². The molecular weight excluding hydrogens is 416 g/mol. The zero-order valence-corrected chi connectivity index (χ0v) is 20.5. The number of amides is 1. The van der Waals surface area contributed by atoms with E-state index in [0.717, 1.165) is 66.3 Å². The first-order valence-electron chi connectivity index (χ1n) is 11.6. The molecule has 0 unspecified atom stereocenters. The van der Waals surface area contributed by atoms with Crippen LogP contribution in [0.5, 0.6) is 5.88 Å². The van der Waals surface area contributed by atoms with Crippen LogP contribution in [0.1, 0.15) is 59.4 Å². The highest BCUT2D eigenvalue weighted by molar-refractivity contribution is 6.00. The van der Waals surface area contributed by atoms with Crippen LogP contribution in [-0.4, -0.2) is 59.7 Å². The topological polar surface area (TPSA) is 75.0 Å². The summed E-state index contributed by atoms with van der Waals surface area (Å²) in [5.74, 6) is 1.55. The lowest BCUT2D eigenvalue weighted by Gasteiger charge is -2.27. The summed E-state index contributed by atoms with van der Waals surface area (Å²) in [5.41, 5.74) is 5.13. The number of ether oxygens (including phenoxy) is 1. The number of rotatable bonds is 2. The summed E-state index contributed by atoms with van der Waals surface area (Å²) in [4.78, 5) is 22.3. The van der Waals surface area contributed by atoms with E-state index in [1.807, 2.05) is 49.7 Å². The third-order valence-corrected chi connectivity index (χ3v) is 6.49. The highest BCUT2D eigenvalue weighted by Crippen LogP contribution is 2.32. The fraction of sp³-hybridized carbons (Fsp3) is 0.480. The molecule has 2 aromatic heterocycles. The van der Waals surface area contributed by atoms with Gasteiger partial charge in [-0.1, -0.05) is 18.6 Å². The summed E-state index contributed by atoms with van der Waals surface area (Å²) in [6.45, 7) is 7.78. The minimum atomic E-state index is -0.179. The number of aromatic nitrogens is 3. The summed E-state index contributed by atoms with van der Waals surface area (Å²) >= 11 is 0. The number of carbonyl (C=O) groups is 1. The standard InChI is InChI=1S/C25H34N6O2/c1-7-21-20-15-22-27-23(33-6)17(3)24(31(22)28-20)29(4)13-9-8-12-26-19-11-10-16(2)14-18(19)25(32)30(21)5/h10-11,14-15,21,26H,7-9,12-13H2,1-6H3/t21-/m0/s1. The Morgan fingerprint density at radius 3 is 2.70 bits per heavy atom. The van der Waals surface area contributed by atoms with Crippen LogP contribution in [0.3, 0.4) is 0 Å². The van der Waals surface area contributed by atoms with Crippen molar-refractivity contribution in [3.63, 3.8) is 0 Å². The second-order valence-corrected chi connectivity index (χ2v) is 8.85. The molecule has 1 atom stereocenters. The van der Waals surface area contributed by atoms with E-state index in [1.54, 1.807) is 12.0 Å². The van der Waals surface area contributed by atoms with E-state index in [4.69, 9.17) is 14.8 Å². The van der Waals surface area contributed by atoms with Crippen LogP contribution < -0.4 is 15.0 Å². The lowest BCUT2D eigenvalue weighted by molar-refractivity contribution is 0.0723. The number of hydrogen-bond donors (Lipinski definition) is 1. The predicted molar refractivity (Wildman–Crippen MR) is 132 cm³/mol. The van der Waals surface area contributed by atoms with E-state index >= 15 is 0 Å². The second-order valence-electron chi connectivity index (χ2n) is 8.85. The summed E-state index contributed by atoms with van der Waals surface area (Å²) < 4.78 is 7.47. The maximum absolute atomic E-state index is 13.6. The maximum Gasteiger partial charge on any atom is 0.256 e. The van der Waals surface area contributed by atoms with E-state index < -0.39 is 0 Å². The Morgan fingerprint density at radius 1 is 1.18 bits per heavy atom. The molecule has 1 aliphatic rings. The molecule has 8 heteroatoms. The van der Waals surface area contributed by atoms with Crippen molar-refractivity contribution in [3.05, 3.63) is 46.6 Å². The highest BCUT2D eigenvalue weighted by Gasteiger charge is 2.27. The van der Waals surface area contributed by atoms with Crippen molar-refractivity contribution in [2.75, 3.05) is 44.5 Å². The van der Waals surface area contributed by atoms with Crippen LogP contribution in [0, 0.1) is 13.8 Å². The predicted octanol–water partition coefficient (Wildman–Crippen LogP) is 4.22. The molecule has 3 aromatic rings. The molecule has 1 aliphatic heterocycles. The van der Waals surface area contributed by atoms with Gasteiger partial charge < -0.3 is 19.9 Å². The molecule has 1 aromatic carbocycles. The van der Waals surface area contributed by atoms with Gasteiger partial charge in [0.2, 0.25) is 5.88 Å². The first kappa shape index (κ1) is 22.9. The van der Waals surface area contributed by atoms with Crippen molar-refractivity contribution in [2.45, 2.75) is 46.1 Å². The largest absolute Gasteiger partial charge is 0.481 e. The fourth-order valence-electron chi connectivity index (χ4n) is 4.68. The van der Waals surface area contributed by atoms with Crippen molar-refractivity contribution in [1.82, 2.24) is 19.5 Å². The Balaban J connectivity index is 1.87. The van der Waals surface area contributed by atoms with E-state index in [-0.39, 0.29) is 11.9 Å². The van der Waals surface area contributed by atoms with Gasteiger partial charge in [0.15, 0.2) is 5.65 Å². The third-order valence-electron chi connectivity index (χ3n) is 6.49. The number of benzene rings is 1. The Hall–Kier alpha value is -3.29. The molecule has 3 heterocycles. The molecule has 1 N–H and O–H groups in total.